The normalized spacial score (nSPS) is 19.6. The lowest BCUT2D eigenvalue weighted by molar-refractivity contribution is -0.139. The molecule has 8 nitrogen and oxygen atoms in total. The van der Waals surface area contributed by atoms with Crippen LogP contribution in [-0.2, 0) is 9.53 Å². The number of aromatic nitrogens is 2. The first kappa shape index (κ1) is 12.7. The highest BCUT2D eigenvalue weighted by Crippen LogP contribution is 2.15. The van der Waals surface area contributed by atoms with Gasteiger partial charge in [-0.2, -0.15) is 0 Å². The first-order chi connectivity index (χ1) is 8.66. The third-order valence-electron chi connectivity index (χ3n) is 2.49. The van der Waals surface area contributed by atoms with Gasteiger partial charge in [0.15, 0.2) is 0 Å². The van der Waals surface area contributed by atoms with E-state index in [1.807, 2.05) is 0 Å². The summed E-state index contributed by atoms with van der Waals surface area (Å²) in [7, 11) is 0. The number of amides is 2. The number of carbonyl (C=O) groups is 2. The minimum Gasteiger partial charge on any atom is -0.481 e. The number of aliphatic carboxylic acids is 1. The van der Waals surface area contributed by atoms with Crippen molar-refractivity contribution in [3.05, 3.63) is 6.20 Å². The maximum atomic E-state index is 12.0. The fourth-order valence-corrected chi connectivity index (χ4v) is 2.10. The van der Waals surface area contributed by atoms with Crippen LogP contribution in [0.1, 0.15) is 6.42 Å². The van der Waals surface area contributed by atoms with E-state index in [1.54, 1.807) is 0 Å². The molecule has 2 heterocycles. The SMILES string of the molecule is O=C(O)CC1COCCN1C(=O)Nc1cnns1. The number of nitrogens with one attached hydrogen (secondary N) is 1. The quantitative estimate of drug-likeness (QED) is 0.817. The van der Waals surface area contributed by atoms with Gasteiger partial charge < -0.3 is 14.7 Å². The molecule has 2 N–H and O–H groups in total. The van der Waals surface area contributed by atoms with E-state index >= 15 is 0 Å². The molecule has 0 radical (unpaired) electrons. The smallest absolute Gasteiger partial charge is 0.322 e. The Morgan fingerprint density at radius 2 is 2.50 bits per heavy atom. The van der Waals surface area contributed by atoms with Crippen LogP contribution in [0, 0.1) is 0 Å². The summed E-state index contributed by atoms with van der Waals surface area (Å²) < 4.78 is 8.82. The highest BCUT2D eigenvalue weighted by molar-refractivity contribution is 7.10. The maximum Gasteiger partial charge on any atom is 0.322 e. The molecule has 0 aliphatic carbocycles. The van der Waals surface area contributed by atoms with Gasteiger partial charge in [-0.1, -0.05) is 4.49 Å². The number of urea groups is 1. The number of carbonyl (C=O) groups excluding carboxylic acids is 1. The summed E-state index contributed by atoms with van der Waals surface area (Å²) in [6.07, 6.45) is 1.31. The fourth-order valence-electron chi connectivity index (χ4n) is 1.69. The molecule has 2 amide bonds. The Bertz CT molecular complexity index is 424. The van der Waals surface area contributed by atoms with E-state index in [4.69, 9.17) is 9.84 Å². The number of anilines is 1. The molecule has 1 atom stereocenters. The van der Waals surface area contributed by atoms with Crippen LogP contribution in [-0.4, -0.2) is 57.4 Å². The number of ether oxygens (including phenoxy) is 1. The molecular weight excluding hydrogens is 260 g/mol. The molecule has 9 heteroatoms. The van der Waals surface area contributed by atoms with Crippen molar-refractivity contribution in [1.29, 1.82) is 0 Å². The van der Waals surface area contributed by atoms with Crippen molar-refractivity contribution < 1.29 is 19.4 Å². The number of hydrogen-bond donors (Lipinski definition) is 2. The third kappa shape index (κ3) is 3.14. The lowest BCUT2D eigenvalue weighted by atomic mass is 10.1. The van der Waals surface area contributed by atoms with Crippen molar-refractivity contribution in [2.45, 2.75) is 12.5 Å². The van der Waals surface area contributed by atoms with Crippen LogP contribution in [0.2, 0.25) is 0 Å². The van der Waals surface area contributed by atoms with E-state index in [0.29, 0.717) is 18.2 Å². The summed E-state index contributed by atoms with van der Waals surface area (Å²) in [5, 5.41) is 15.5. The molecule has 1 aliphatic rings. The lowest BCUT2D eigenvalue weighted by Crippen LogP contribution is -2.51. The van der Waals surface area contributed by atoms with Gasteiger partial charge >= 0.3 is 12.0 Å². The van der Waals surface area contributed by atoms with E-state index in [1.165, 1.54) is 11.1 Å². The van der Waals surface area contributed by atoms with E-state index in [0.717, 1.165) is 11.5 Å². The molecule has 1 aromatic rings. The topological polar surface area (TPSA) is 105 Å². The second kappa shape index (κ2) is 5.74. The van der Waals surface area contributed by atoms with E-state index in [9.17, 15) is 9.59 Å². The number of morpholine rings is 1. The Kier molecular flexibility index (Phi) is 4.05. The van der Waals surface area contributed by atoms with Gasteiger partial charge in [-0.25, -0.2) is 4.79 Å². The molecular formula is C9H12N4O4S. The predicted molar refractivity (Wildman–Crippen MR) is 62.5 cm³/mol. The van der Waals surface area contributed by atoms with Gasteiger partial charge in [0.05, 0.1) is 31.9 Å². The molecule has 1 aliphatic heterocycles. The van der Waals surface area contributed by atoms with Gasteiger partial charge in [-0.15, -0.1) is 5.10 Å². The van der Waals surface area contributed by atoms with Crippen molar-refractivity contribution in [3.8, 4) is 0 Å². The highest BCUT2D eigenvalue weighted by Gasteiger charge is 2.29. The molecule has 0 saturated carbocycles. The Hall–Kier alpha value is -1.74. The summed E-state index contributed by atoms with van der Waals surface area (Å²) >= 11 is 1.06. The van der Waals surface area contributed by atoms with Crippen molar-refractivity contribution in [1.82, 2.24) is 14.5 Å². The van der Waals surface area contributed by atoms with Crippen LogP contribution in [0.25, 0.3) is 0 Å². The average molecular weight is 272 g/mol. The Labute approximate surface area is 107 Å². The molecule has 18 heavy (non-hydrogen) atoms. The van der Waals surface area contributed by atoms with E-state index in [-0.39, 0.29) is 19.1 Å². The second-order valence-electron chi connectivity index (χ2n) is 3.73. The van der Waals surface area contributed by atoms with Crippen molar-refractivity contribution in [3.63, 3.8) is 0 Å². The van der Waals surface area contributed by atoms with Gasteiger partial charge in [0, 0.05) is 18.1 Å². The molecule has 98 valence electrons. The molecule has 2 rings (SSSR count). The third-order valence-corrected chi connectivity index (χ3v) is 3.07. The molecule has 0 spiro atoms. The van der Waals surface area contributed by atoms with E-state index < -0.39 is 12.0 Å². The number of hydrogen-bond acceptors (Lipinski definition) is 6. The molecule has 1 saturated heterocycles. The molecule has 0 aromatic carbocycles. The molecule has 0 bridgehead atoms. The number of carboxylic acids is 1. The summed E-state index contributed by atoms with van der Waals surface area (Å²) in [5.74, 6) is -0.956. The van der Waals surface area contributed by atoms with E-state index in [2.05, 4.69) is 14.9 Å². The van der Waals surface area contributed by atoms with Gasteiger partial charge in [0.25, 0.3) is 0 Å². The van der Waals surface area contributed by atoms with Crippen molar-refractivity contribution >= 4 is 28.5 Å². The van der Waals surface area contributed by atoms with Crippen LogP contribution in [0.15, 0.2) is 6.20 Å². The standard InChI is InChI=1S/C9H12N4O4S/c14-8(15)3-6-5-17-2-1-13(6)9(16)11-7-4-10-12-18-7/h4,6H,1-3,5H2,(H,11,16)(H,14,15). The zero-order chi connectivity index (χ0) is 13.0. The van der Waals surface area contributed by atoms with Crippen LogP contribution >= 0.6 is 11.5 Å². The molecule has 1 fully saturated rings. The Balaban J connectivity index is 1.99. The summed E-state index contributed by atoms with van der Waals surface area (Å²) in [4.78, 5) is 24.2. The summed E-state index contributed by atoms with van der Waals surface area (Å²) in [5.41, 5.74) is 0. The van der Waals surface area contributed by atoms with Crippen molar-refractivity contribution in [2.24, 2.45) is 0 Å². The average Bonchev–Trinajstić information content (AvgIpc) is 2.81. The fraction of sp³-hybridized carbons (Fsp3) is 0.556. The van der Waals surface area contributed by atoms with Crippen LogP contribution < -0.4 is 5.32 Å². The molecule has 1 unspecified atom stereocenters. The number of rotatable bonds is 3. The zero-order valence-electron chi connectivity index (χ0n) is 9.40. The van der Waals surface area contributed by atoms with Crippen molar-refractivity contribution in [2.75, 3.05) is 25.1 Å². The first-order valence-electron chi connectivity index (χ1n) is 5.31. The maximum absolute atomic E-state index is 12.0. The van der Waals surface area contributed by atoms with Crippen LogP contribution in [0.3, 0.4) is 0 Å². The zero-order valence-corrected chi connectivity index (χ0v) is 10.2. The highest BCUT2D eigenvalue weighted by atomic mass is 32.1. The largest absolute Gasteiger partial charge is 0.481 e. The Morgan fingerprint density at radius 3 is 3.17 bits per heavy atom. The van der Waals surface area contributed by atoms with Gasteiger partial charge in [0.1, 0.15) is 5.00 Å². The summed E-state index contributed by atoms with van der Waals surface area (Å²) in [6, 6.07) is -0.798. The monoisotopic (exact) mass is 272 g/mol. The Morgan fingerprint density at radius 1 is 1.67 bits per heavy atom. The number of carboxylic acid groups (broad SMARTS) is 1. The van der Waals surface area contributed by atoms with Gasteiger partial charge in [0.2, 0.25) is 0 Å². The van der Waals surface area contributed by atoms with Gasteiger partial charge in [-0.3, -0.25) is 10.1 Å². The summed E-state index contributed by atoms with van der Waals surface area (Å²) in [6.45, 7) is 1.02. The van der Waals surface area contributed by atoms with Crippen LogP contribution in [0.5, 0.6) is 0 Å². The molecule has 1 aromatic heterocycles. The minimum atomic E-state index is -0.956. The predicted octanol–water partition coefficient (Wildman–Crippen LogP) is 0.245. The first-order valence-corrected chi connectivity index (χ1v) is 6.08. The number of nitrogens with zero attached hydrogens (tertiary/aromatic N) is 3. The van der Waals surface area contributed by atoms with Gasteiger partial charge in [-0.05, 0) is 0 Å². The minimum absolute atomic E-state index is 0.131. The van der Waals surface area contributed by atoms with Crippen LogP contribution in [0.4, 0.5) is 9.80 Å². The lowest BCUT2D eigenvalue weighted by Gasteiger charge is -2.34. The second-order valence-corrected chi connectivity index (χ2v) is 4.52.